The lowest BCUT2D eigenvalue weighted by Gasteiger charge is -2.19. The summed E-state index contributed by atoms with van der Waals surface area (Å²) < 4.78 is 0. The minimum absolute atomic E-state index is 0.0376. The predicted molar refractivity (Wildman–Crippen MR) is 111 cm³/mol. The molecule has 0 heterocycles. The summed E-state index contributed by atoms with van der Waals surface area (Å²) in [5.41, 5.74) is 2.95. The number of benzene rings is 2. The van der Waals surface area contributed by atoms with E-state index in [0.29, 0.717) is 23.5 Å². The van der Waals surface area contributed by atoms with Crippen molar-refractivity contribution < 1.29 is 9.59 Å². The molecule has 5 nitrogen and oxygen atoms in total. The molecule has 0 radical (unpaired) electrons. The molecule has 0 saturated heterocycles. The van der Waals surface area contributed by atoms with E-state index in [1.54, 1.807) is 12.1 Å². The molecule has 0 bridgehead atoms. The second kappa shape index (κ2) is 8.82. The number of anilines is 2. The Kier molecular flexibility index (Phi) is 6.75. The summed E-state index contributed by atoms with van der Waals surface area (Å²) in [4.78, 5) is 24.9. The molecule has 0 spiro atoms. The fourth-order valence-corrected chi connectivity index (χ4v) is 2.67. The first-order valence-corrected chi connectivity index (χ1v) is 9.18. The molecule has 27 heavy (non-hydrogen) atoms. The average molecular weight is 367 g/mol. The van der Waals surface area contributed by atoms with Gasteiger partial charge in [0, 0.05) is 18.0 Å². The maximum absolute atomic E-state index is 12.6. The number of hydrogen-bond donors (Lipinski definition) is 3. The first-order valence-electron chi connectivity index (χ1n) is 9.18. The lowest BCUT2D eigenvalue weighted by molar-refractivity contribution is -0.119. The van der Waals surface area contributed by atoms with Gasteiger partial charge >= 0.3 is 0 Å². The van der Waals surface area contributed by atoms with Crippen molar-refractivity contribution in [1.82, 2.24) is 5.32 Å². The highest BCUT2D eigenvalue weighted by molar-refractivity contribution is 6.07. The van der Waals surface area contributed by atoms with Gasteiger partial charge in [-0.05, 0) is 42.3 Å². The molecule has 0 aromatic heterocycles. The van der Waals surface area contributed by atoms with Crippen LogP contribution >= 0.6 is 0 Å². The van der Waals surface area contributed by atoms with Gasteiger partial charge in [-0.2, -0.15) is 0 Å². The highest BCUT2D eigenvalue weighted by atomic mass is 16.2. The Morgan fingerprint density at radius 1 is 0.926 bits per heavy atom. The molecule has 5 heteroatoms. The Balaban J connectivity index is 2.13. The topological polar surface area (TPSA) is 70.2 Å². The van der Waals surface area contributed by atoms with Crippen molar-refractivity contribution in [3.63, 3.8) is 0 Å². The van der Waals surface area contributed by atoms with E-state index < -0.39 is 0 Å². The van der Waals surface area contributed by atoms with Crippen LogP contribution in [0.2, 0.25) is 0 Å². The molecule has 2 rings (SSSR count). The Bertz CT molecular complexity index is 792. The molecule has 3 N–H and O–H groups in total. The van der Waals surface area contributed by atoms with Crippen molar-refractivity contribution in [2.45, 2.75) is 33.1 Å². The van der Waals surface area contributed by atoms with E-state index in [1.807, 2.05) is 50.4 Å². The minimum Gasteiger partial charge on any atom is -0.324 e. The predicted octanol–water partition coefficient (Wildman–Crippen LogP) is 4.03. The SMILES string of the molecule is CNCC(C)C(=O)Nc1ccccc1NC(=O)c1ccc(C(C)(C)C)cc1. The summed E-state index contributed by atoms with van der Waals surface area (Å²) in [6, 6.07) is 14.8. The van der Waals surface area contributed by atoms with Crippen molar-refractivity contribution in [2.24, 2.45) is 5.92 Å². The molecule has 0 aliphatic carbocycles. The fourth-order valence-electron chi connectivity index (χ4n) is 2.67. The van der Waals surface area contributed by atoms with Crippen molar-refractivity contribution in [2.75, 3.05) is 24.2 Å². The normalized spacial score (nSPS) is 12.3. The summed E-state index contributed by atoms with van der Waals surface area (Å²) >= 11 is 0. The van der Waals surface area contributed by atoms with E-state index in [1.165, 1.54) is 5.56 Å². The highest BCUT2D eigenvalue weighted by Crippen LogP contribution is 2.24. The largest absolute Gasteiger partial charge is 0.324 e. The van der Waals surface area contributed by atoms with Gasteiger partial charge in [-0.1, -0.05) is 52.0 Å². The summed E-state index contributed by atoms with van der Waals surface area (Å²) in [6.45, 7) is 8.84. The highest BCUT2D eigenvalue weighted by Gasteiger charge is 2.16. The van der Waals surface area contributed by atoms with Gasteiger partial charge in [0.05, 0.1) is 11.4 Å². The van der Waals surface area contributed by atoms with Crippen LogP contribution in [0.25, 0.3) is 0 Å². The van der Waals surface area contributed by atoms with Crippen molar-refractivity contribution >= 4 is 23.2 Å². The zero-order chi connectivity index (χ0) is 20.0. The molecular weight excluding hydrogens is 338 g/mol. The van der Waals surface area contributed by atoms with Crippen LogP contribution in [0.4, 0.5) is 11.4 Å². The molecule has 0 fully saturated rings. The van der Waals surface area contributed by atoms with Crippen LogP contribution in [0.1, 0.15) is 43.6 Å². The smallest absolute Gasteiger partial charge is 0.255 e. The van der Waals surface area contributed by atoms with Crippen LogP contribution in [0.5, 0.6) is 0 Å². The van der Waals surface area contributed by atoms with E-state index >= 15 is 0 Å². The lowest BCUT2D eigenvalue weighted by atomic mass is 9.87. The summed E-state index contributed by atoms with van der Waals surface area (Å²) in [7, 11) is 1.81. The minimum atomic E-state index is -0.208. The number of rotatable bonds is 6. The van der Waals surface area contributed by atoms with Crippen LogP contribution in [-0.2, 0) is 10.2 Å². The van der Waals surface area contributed by atoms with Gasteiger partial charge in [-0.3, -0.25) is 9.59 Å². The van der Waals surface area contributed by atoms with Crippen molar-refractivity contribution in [3.8, 4) is 0 Å². The summed E-state index contributed by atoms with van der Waals surface area (Å²) in [5, 5.41) is 8.77. The van der Waals surface area contributed by atoms with Gasteiger partial charge in [0.15, 0.2) is 0 Å². The van der Waals surface area contributed by atoms with Crippen LogP contribution in [-0.4, -0.2) is 25.4 Å². The second-order valence-corrected chi connectivity index (χ2v) is 7.78. The number of hydrogen-bond acceptors (Lipinski definition) is 3. The Morgan fingerprint density at radius 3 is 2.00 bits per heavy atom. The summed E-state index contributed by atoms with van der Waals surface area (Å²) in [5.74, 6) is -0.482. The van der Waals surface area contributed by atoms with Crippen molar-refractivity contribution in [1.29, 1.82) is 0 Å². The molecule has 2 amide bonds. The van der Waals surface area contributed by atoms with Crippen LogP contribution in [0, 0.1) is 5.92 Å². The molecule has 0 aliphatic rings. The average Bonchev–Trinajstić information content (AvgIpc) is 2.62. The van der Waals surface area contributed by atoms with Gasteiger partial charge in [0.1, 0.15) is 0 Å². The number of para-hydroxylation sites is 2. The van der Waals surface area contributed by atoms with E-state index in [4.69, 9.17) is 0 Å². The molecule has 2 aromatic rings. The van der Waals surface area contributed by atoms with E-state index in [2.05, 4.69) is 36.7 Å². The van der Waals surface area contributed by atoms with Gasteiger partial charge in [0.2, 0.25) is 5.91 Å². The standard InChI is InChI=1S/C22H29N3O2/c1-15(14-23-5)20(26)24-18-8-6-7-9-19(18)25-21(27)16-10-12-17(13-11-16)22(2,3)4/h6-13,15,23H,14H2,1-5H3,(H,24,26)(H,25,27). The zero-order valence-electron chi connectivity index (χ0n) is 16.7. The number of amides is 2. The molecule has 1 atom stereocenters. The summed E-state index contributed by atoms with van der Waals surface area (Å²) in [6.07, 6.45) is 0. The van der Waals surface area contributed by atoms with E-state index in [-0.39, 0.29) is 23.1 Å². The molecule has 2 aromatic carbocycles. The van der Waals surface area contributed by atoms with E-state index in [9.17, 15) is 9.59 Å². The third-order valence-electron chi connectivity index (χ3n) is 4.40. The third kappa shape index (κ3) is 5.66. The van der Waals surface area contributed by atoms with Crippen LogP contribution < -0.4 is 16.0 Å². The molecular formula is C22H29N3O2. The van der Waals surface area contributed by atoms with Crippen LogP contribution in [0.3, 0.4) is 0 Å². The monoisotopic (exact) mass is 367 g/mol. The fraction of sp³-hybridized carbons (Fsp3) is 0.364. The quantitative estimate of drug-likeness (QED) is 0.722. The number of carbonyl (C=O) groups is 2. The zero-order valence-corrected chi connectivity index (χ0v) is 16.7. The Hall–Kier alpha value is -2.66. The third-order valence-corrected chi connectivity index (χ3v) is 4.40. The second-order valence-electron chi connectivity index (χ2n) is 7.78. The molecule has 144 valence electrons. The van der Waals surface area contributed by atoms with Crippen LogP contribution in [0.15, 0.2) is 48.5 Å². The molecule has 1 unspecified atom stereocenters. The van der Waals surface area contributed by atoms with Gasteiger partial charge in [0.25, 0.3) is 5.91 Å². The Labute approximate surface area is 161 Å². The van der Waals surface area contributed by atoms with Gasteiger partial charge < -0.3 is 16.0 Å². The van der Waals surface area contributed by atoms with E-state index in [0.717, 1.165) is 0 Å². The van der Waals surface area contributed by atoms with Crippen molar-refractivity contribution in [3.05, 3.63) is 59.7 Å². The Morgan fingerprint density at radius 2 is 1.48 bits per heavy atom. The number of carbonyl (C=O) groups excluding carboxylic acids is 2. The van der Waals surface area contributed by atoms with Gasteiger partial charge in [-0.25, -0.2) is 0 Å². The maximum atomic E-state index is 12.6. The molecule has 0 saturated carbocycles. The maximum Gasteiger partial charge on any atom is 0.255 e. The lowest BCUT2D eigenvalue weighted by Crippen LogP contribution is -2.29. The van der Waals surface area contributed by atoms with Gasteiger partial charge in [-0.15, -0.1) is 0 Å². The first kappa shape index (κ1) is 20.6. The number of nitrogens with one attached hydrogen (secondary N) is 3. The first-order chi connectivity index (χ1) is 12.7. The molecule has 0 aliphatic heterocycles.